The van der Waals surface area contributed by atoms with E-state index in [1.807, 2.05) is 18.2 Å². The molecular weight excluding hydrogens is 178 g/mol. The van der Waals surface area contributed by atoms with Gasteiger partial charge in [-0.2, -0.15) is 0 Å². The lowest BCUT2D eigenvalue weighted by molar-refractivity contribution is 0.128. The molecule has 1 aliphatic rings. The van der Waals surface area contributed by atoms with Crippen molar-refractivity contribution < 1.29 is 9.84 Å². The fourth-order valence-corrected chi connectivity index (χ4v) is 1.93. The van der Waals surface area contributed by atoms with Gasteiger partial charge >= 0.3 is 0 Å². The summed E-state index contributed by atoms with van der Waals surface area (Å²) in [6, 6.07) is 5.61. The molecule has 76 valence electrons. The van der Waals surface area contributed by atoms with Crippen LogP contribution in [0.5, 0.6) is 5.75 Å². The first-order chi connectivity index (χ1) is 6.72. The molecule has 3 N–H and O–H groups in total. The van der Waals surface area contributed by atoms with Crippen molar-refractivity contribution >= 4 is 0 Å². The lowest BCUT2D eigenvalue weighted by Gasteiger charge is -2.27. The molecule has 1 aliphatic carbocycles. The quantitative estimate of drug-likeness (QED) is 0.699. The molecule has 3 heteroatoms. The highest BCUT2D eigenvalue weighted by Crippen LogP contribution is 2.30. The van der Waals surface area contributed by atoms with E-state index in [9.17, 15) is 5.11 Å². The van der Waals surface area contributed by atoms with Crippen molar-refractivity contribution in [2.24, 2.45) is 5.73 Å². The Bertz CT molecular complexity index is 338. The van der Waals surface area contributed by atoms with Crippen molar-refractivity contribution in [2.45, 2.75) is 25.0 Å². The van der Waals surface area contributed by atoms with Crippen LogP contribution in [0, 0.1) is 0 Å². The van der Waals surface area contributed by atoms with E-state index in [0.29, 0.717) is 0 Å². The highest BCUT2D eigenvalue weighted by molar-refractivity contribution is 5.39. The van der Waals surface area contributed by atoms with Crippen LogP contribution in [0.3, 0.4) is 0 Å². The molecule has 2 unspecified atom stereocenters. The van der Waals surface area contributed by atoms with Crippen LogP contribution in [-0.4, -0.2) is 18.3 Å². The van der Waals surface area contributed by atoms with Crippen LogP contribution in [0.25, 0.3) is 0 Å². The second-order valence-electron chi connectivity index (χ2n) is 3.70. The van der Waals surface area contributed by atoms with Gasteiger partial charge in [-0.25, -0.2) is 0 Å². The maximum Gasteiger partial charge on any atom is 0.119 e. The smallest absolute Gasteiger partial charge is 0.119 e. The highest BCUT2D eigenvalue weighted by atomic mass is 16.5. The number of ether oxygens (including phenoxy) is 1. The third-order valence-electron chi connectivity index (χ3n) is 2.84. The van der Waals surface area contributed by atoms with Gasteiger partial charge in [0, 0.05) is 0 Å². The molecule has 14 heavy (non-hydrogen) atoms. The minimum atomic E-state index is -0.422. The number of methoxy groups -OCH3 is 1. The number of hydrogen-bond donors (Lipinski definition) is 2. The SMILES string of the molecule is COc1ccc2c(c1)C(N)C(O)CC2. The Labute approximate surface area is 83.5 Å². The molecule has 1 aromatic rings. The summed E-state index contributed by atoms with van der Waals surface area (Å²) in [6.45, 7) is 0. The minimum absolute atomic E-state index is 0.270. The summed E-state index contributed by atoms with van der Waals surface area (Å²) in [7, 11) is 1.63. The van der Waals surface area contributed by atoms with Crippen LogP contribution in [0.4, 0.5) is 0 Å². The summed E-state index contributed by atoms with van der Waals surface area (Å²) in [6.07, 6.45) is 1.23. The van der Waals surface area contributed by atoms with Gasteiger partial charge in [-0.05, 0) is 36.1 Å². The fourth-order valence-electron chi connectivity index (χ4n) is 1.93. The first kappa shape index (κ1) is 9.49. The van der Waals surface area contributed by atoms with Crippen molar-refractivity contribution in [3.8, 4) is 5.75 Å². The predicted molar refractivity (Wildman–Crippen MR) is 54.3 cm³/mol. The molecule has 2 rings (SSSR count). The van der Waals surface area contributed by atoms with Gasteiger partial charge in [-0.15, -0.1) is 0 Å². The van der Waals surface area contributed by atoms with Gasteiger partial charge in [0.15, 0.2) is 0 Å². The summed E-state index contributed by atoms with van der Waals surface area (Å²) in [5, 5.41) is 9.62. The van der Waals surface area contributed by atoms with E-state index < -0.39 is 6.10 Å². The number of rotatable bonds is 1. The van der Waals surface area contributed by atoms with Crippen LogP contribution in [0.1, 0.15) is 23.6 Å². The number of aryl methyl sites for hydroxylation is 1. The zero-order chi connectivity index (χ0) is 10.1. The summed E-state index contributed by atoms with van der Waals surface area (Å²) in [4.78, 5) is 0. The van der Waals surface area contributed by atoms with E-state index in [1.54, 1.807) is 7.11 Å². The lowest BCUT2D eigenvalue weighted by atomic mass is 9.86. The van der Waals surface area contributed by atoms with Gasteiger partial charge in [0.1, 0.15) is 5.75 Å². The van der Waals surface area contributed by atoms with E-state index in [1.165, 1.54) is 5.56 Å². The van der Waals surface area contributed by atoms with Gasteiger partial charge < -0.3 is 15.6 Å². The molecule has 0 aromatic heterocycles. The number of fused-ring (bicyclic) bond motifs is 1. The fraction of sp³-hybridized carbons (Fsp3) is 0.455. The number of hydrogen-bond acceptors (Lipinski definition) is 3. The maximum absolute atomic E-state index is 9.62. The Morgan fingerprint density at radius 3 is 3.00 bits per heavy atom. The predicted octanol–water partition coefficient (Wildman–Crippen LogP) is 1.00. The number of nitrogens with two attached hydrogens (primary N) is 1. The third-order valence-corrected chi connectivity index (χ3v) is 2.84. The van der Waals surface area contributed by atoms with Crippen molar-refractivity contribution in [1.29, 1.82) is 0 Å². The Balaban J connectivity index is 2.41. The van der Waals surface area contributed by atoms with Crippen molar-refractivity contribution in [3.63, 3.8) is 0 Å². The summed E-state index contributed by atoms with van der Waals surface area (Å²) in [5.41, 5.74) is 8.15. The Hall–Kier alpha value is -1.06. The molecular formula is C11H15NO2. The Kier molecular flexibility index (Phi) is 2.44. The molecule has 1 aromatic carbocycles. The normalized spacial score (nSPS) is 25.6. The van der Waals surface area contributed by atoms with Gasteiger partial charge in [0.2, 0.25) is 0 Å². The van der Waals surface area contributed by atoms with Gasteiger partial charge in [0.25, 0.3) is 0 Å². The van der Waals surface area contributed by atoms with E-state index in [4.69, 9.17) is 10.5 Å². The number of aliphatic hydroxyl groups excluding tert-OH is 1. The van der Waals surface area contributed by atoms with Gasteiger partial charge in [-0.1, -0.05) is 6.07 Å². The van der Waals surface area contributed by atoms with E-state index in [0.717, 1.165) is 24.2 Å². The maximum atomic E-state index is 9.62. The second kappa shape index (κ2) is 3.59. The monoisotopic (exact) mass is 193 g/mol. The van der Waals surface area contributed by atoms with E-state index >= 15 is 0 Å². The molecule has 2 atom stereocenters. The molecule has 0 fully saturated rings. The minimum Gasteiger partial charge on any atom is -0.497 e. The largest absolute Gasteiger partial charge is 0.497 e. The zero-order valence-electron chi connectivity index (χ0n) is 8.23. The molecule has 0 saturated heterocycles. The van der Waals surface area contributed by atoms with E-state index in [-0.39, 0.29) is 6.04 Å². The first-order valence-corrected chi connectivity index (χ1v) is 4.83. The van der Waals surface area contributed by atoms with Crippen LogP contribution >= 0.6 is 0 Å². The lowest BCUT2D eigenvalue weighted by Crippen LogP contribution is -2.31. The molecule has 0 heterocycles. The van der Waals surface area contributed by atoms with Crippen molar-refractivity contribution in [3.05, 3.63) is 29.3 Å². The van der Waals surface area contributed by atoms with Crippen LogP contribution < -0.4 is 10.5 Å². The zero-order valence-corrected chi connectivity index (χ0v) is 8.23. The van der Waals surface area contributed by atoms with Gasteiger partial charge in [-0.3, -0.25) is 0 Å². The highest BCUT2D eigenvalue weighted by Gasteiger charge is 2.24. The number of benzene rings is 1. The molecule has 0 bridgehead atoms. The molecule has 0 amide bonds. The topological polar surface area (TPSA) is 55.5 Å². The summed E-state index contributed by atoms with van der Waals surface area (Å²) < 4.78 is 5.13. The van der Waals surface area contributed by atoms with E-state index in [2.05, 4.69) is 0 Å². The van der Waals surface area contributed by atoms with Crippen LogP contribution in [0.2, 0.25) is 0 Å². The average molecular weight is 193 g/mol. The first-order valence-electron chi connectivity index (χ1n) is 4.83. The molecule has 0 saturated carbocycles. The summed E-state index contributed by atoms with van der Waals surface area (Å²) >= 11 is 0. The van der Waals surface area contributed by atoms with Crippen LogP contribution in [0.15, 0.2) is 18.2 Å². The Morgan fingerprint density at radius 1 is 1.50 bits per heavy atom. The second-order valence-corrected chi connectivity index (χ2v) is 3.70. The third kappa shape index (κ3) is 1.49. The molecule has 0 aliphatic heterocycles. The van der Waals surface area contributed by atoms with Gasteiger partial charge in [0.05, 0.1) is 19.3 Å². The average Bonchev–Trinajstić information content (AvgIpc) is 2.23. The Morgan fingerprint density at radius 2 is 2.29 bits per heavy atom. The molecule has 0 spiro atoms. The molecule has 0 radical (unpaired) electrons. The summed E-state index contributed by atoms with van der Waals surface area (Å²) in [5.74, 6) is 0.799. The van der Waals surface area contributed by atoms with Crippen molar-refractivity contribution in [2.75, 3.05) is 7.11 Å². The number of aliphatic hydroxyl groups is 1. The molecule has 3 nitrogen and oxygen atoms in total. The van der Waals surface area contributed by atoms with Crippen molar-refractivity contribution in [1.82, 2.24) is 0 Å². The van der Waals surface area contributed by atoms with Crippen LogP contribution in [-0.2, 0) is 6.42 Å². The standard InChI is InChI=1S/C11H15NO2/c1-14-8-4-2-7-3-5-10(13)11(12)9(7)6-8/h2,4,6,10-11,13H,3,5,12H2,1H3.